The van der Waals surface area contributed by atoms with Crippen molar-refractivity contribution in [2.45, 2.75) is 18.9 Å². The van der Waals surface area contributed by atoms with E-state index in [9.17, 15) is 4.79 Å². The number of methoxy groups -OCH3 is 1. The average Bonchev–Trinajstić information content (AvgIpc) is 2.67. The summed E-state index contributed by atoms with van der Waals surface area (Å²) < 4.78 is 11.3. The van der Waals surface area contributed by atoms with E-state index in [1.54, 1.807) is 7.11 Å². The first-order valence-electron chi connectivity index (χ1n) is 8.78. The van der Waals surface area contributed by atoms with E-state index in [2.05, 4.69) is 24.3 Å². The zero-order chi connectivity index (χ0) is 17.5. The Hall–Kier alpha value is -2.33. The molecule has 1 fully saturated rings. The fraction of sp³-hybridized carbons (Fsp3) is 0.381. The molecule has 2 atom stereocenters. The van der Waals surface area contributed by atoms with Crippen molar-refractivity contribution < 1.29 is 14.3 Å². The minimum atomic E-state index is 0.0384. The molecule has 132 valence electrons. The number of benzene rings is 2. The van der Waals surface area contributed by atoms with Gasteiger partial charge in [0.2, 0.25) is 0 Å². The summed E-state index contributed by atoms with van der Waals surface area (Å²) in [6.07, 6.45) is 1.98. The van der Waals surface area contributed by atoms with E-state index in [0.717, 1.165) is 25.1 Å². The zero-order valence-corrected chi connectivity index (χ0v) is 14.6. The van der Waals surface area contributed by atoms with Crippen LogP contribution in [0, 0.1) is 5.92 Å². The van der Waals surface area contributed by atoms with Crippen LogP contribution in [-0.4, -0.2) is 43.7 Å². The van der Waals surface area contributed by atoms with Crippen LogP contribution in [0.25, 0.3) is 0 Å². The monoisotopic (exact) mass is 339 g/mol. The van der Waals surface area contributed by atoms with Crippen LogP contribution in [0.15, 0.2) is 60.7 Å². The number of hydrogen-bond acceptors (Lipinski definition) is 3. The van der Waals surface area contributed by atoms with Gasteiger partial charge in [-0.25, -0.2) is 0 Å². The predicted molar refractivity (Wildman–Crippen MR) is 97.6 cm³/mol. The number of nitrogens with zero attached hydrogens (tertiary/aromatic N) is 1. The molecule has 0 saturated carbocycles. The van der Waals surface area contributed by atoms with Gasteiger partial charge in [-0.05, 0) is 30.5 Å². The molecule has 0 bridgehead atoms. The number of likely N-dealkylation sites (tertiary alicyclic amines) is 1. The first-order chi connectivity index (χ1) is 12.3. The van der Waals surface area contributed by atoms with E-state index in [0.29, 0.717) is 12.5 Å². The van der Waals surface area contributed by atoms with E-state index in [1.165, 1.54) is 5.56 Å². The highest BCUT2D eigenvalue weighted by Crippen LogP contribution is 2.24. The van der Waals surface area contributed by atoms with Gasteiger partial charge in [0.25, 0.3) is 5.91 Å². The largest absolute Gasteiger partial charge is 0.484 e. The van der Waals surface area contributed by atoms with Gasteiger partial charge in [0.05, 0.1) is 6.10 Å². The summed E-state index contributed by atoms with van der Waals surface area (Å²) in [5.74, 6) is 1.07. The van der Waals surface area contributed by atoms with Crippen LogP contribution in [0.3, 0.4) is 0 Å². The number of para-hydroxylation sites is 1. The molecule has 2 aromatic rings. The quantitative estimate of drug-likeness (QED) is 0.811. The number of amides is 1. The Labute approximate surface area is 149 Å². The van der Waals surface area contributed by atoms with Crippen LogP contribution in [0.4, 0.5) is 0 Å². The van der Waals surface area contributed by atoms with Crippen molar-refractivity contribution in [2.24, 2.45) is 5.92 Å². The second-order valence-electron chi connectivity index (χ2n) is 6.45. The van der Waals surface area contributed by atoms with Crippen molar-refractivity contribution in [3.63, 3.8) is 0 Å². The SMILES string of the molecule is CO[C@@H]1CCN(C(=O)COc2ccccc2)C[C@@H]1Cc1ccccc1. The number of ether oxygens (including phenoxy) is 2. The van der Waals surface area contributed by atoms with Crippen molar-refractivity contribution in [2.75, 3.05) is 26.8 Å². The summed E-state index contributed by atoms with van der Waals surface area (Å²) in [6, 6.07) is 19.9. The normalized spacial score (nSPS) is 20.3. The third kappa shape index (κ3) is 4.83. The number of hydrogen-bond donors (Lipinski definition) is 0. The molecular formula is C21H25NO3. The molecule has 0 aliphatic carbocycles. The van der Waals surface area contributed by atoms with Crippen molar-refractivity contribution in [3.05, 3.63) is 66.2 Å². The van der Waals surface area contributed by atoms with Crippen molar-refractivity contribution in [1.82, 2.24) is 4.90 Å². The fourth-order valence-electron chi connectivity index (χ4n) is 3.41. The molecule has 4 heteroatoms. The molecule has 1 amide bonds. The number of rotatable bonds is 6. The molecule has 1 heterocycles. The van der Waals surface area contributed by atoms with Gasteiger partial charge in [0, 0.05) is 26.1 Å². The van der Waals surface area contributed by atoms with Gasteiger partial charge < -0.3 is 14.4 Å². The summed E-state index contributed by atoms with van der Waals surface area (Å²) in [5.41, 5.74) is 1.28. The van der Waals surface area contributed by atoms with Crippen molar-refractivity contribution in [1.29, 1.82) is 0 Å². The molecule has 0 unspecified atom stereocenters. The summed E-state index contributed by atoms with van der Waals surface area (Å²) in [4.78, 5) is 14.4. The lowest BCUT2D eigenvalue weighted by molar-refractivity contribution is -0.137. The van der Waals surface area contributed by atoms with E-state index < -0.39 is 0 Å². The van der Waals surface area contributed by atoms with E-state index in [-0.39, 0.29) is 18.6 Å². The second kappa shape index (κ2) is 8.67. The van der Waals surface area contributed by atoms with E-state index in [4.69, 9.17) is 9.47 Å². The van der Waals surface area contributed by atoms with Gasteiger partial charge in [0.1, 0.15) is 5.75 Å². The van der Waals surface area contributed by atoms with Crippen LogP contribution in [0.1, 0.15) is 12.0 Å². The predicted octanol–water partition coefficient (Wildman–Crippen LogP) is 3.17. The molecule has 1 saturated heterocycles. The lowest BCUT2D eigenvalue weighted by Gasteiger charge is -2.38. The maximum Gasteiger partial charge on any atom is 0.260 e. The molecule has 1 aliphatic rings. The van der Waals surface area contributed by atoms with Crippen LogP contribution >= 0.6 is 0 Å². The molecule has 0 aromatic heterocycles. The molecule has 1 aliphatic heterocycles. The van der Waals surface area contributed by atoms with E-state index in [1.807, 2.05) is 41.3 Å². The summed E-state index contributed by atoms with van der Waals surface area (Å²) in [6.45, 7) is 1.52. The maximum atomic E-state index is 12.5. The zero-order valence-electron chi connectivity index (χ0n) is 14.6. The van der Waals surface area contributed by atoms with Crippen LogP contribution in [0.2, 0.25) is 0 Å². The second-order valence-corrected chi connectivity index (χ2v) is 6.45. The topological polar surface area (TPSA) is 38.8 Å². The van der Waals surface area contributed by atoms with Gasteiger partial charge in [-0.15, -0.1) is 0 Å². The number of piperidine rings is 1. The van der Waals surface area contributed by atoms with Crippen molar-refractivity contribution in [3.8, 4) is 5.75 Å². The minimum absolute atomic E-state index is 0.0384. The standard InChI is InChI=1S/C21H25NO3/c1-24-20-12-13-22(15-18(20)14-17-8-4-2-5-9-17)21(23)16-25-19-10-6-3-7-11-19/h2-11,18,20H,12-16H2,1H3/t18-,20+/m0/s1. The van der Waals surface area contributed by atoms with Gasteiger partial charge in [0.15, 0.2) is 6.61 Å². The number of carbonyl (C=O) groups is 1. The van der Waals surface area contributed by atoms with Crippen LogP contribution in [0.5, 0.6) is 5.75 Å². The molecule has 25 heavy (non-hydrogen) atoms. The Morgan fingerprint density at radius 1 is 1.08 bits per heavy atom. The molecule has 0 radical (unpaired) electrons. The Bertz CT molecular complexity index is 659. The van der Waals surface area contributed by atoms with Gasteiger partial charge in [-0.1, -0.05) is 48.5 Å². The highest BCUT2D eigenvalue weighted by molar-refractivity contribution is 5.77. The van der Waals surface area contributed by atoms with Crippen molar-refractivity contribution >= 4 is 5.91 Å². The number of carbonyl (C=O) groups excluding carboxylic acids is 1. The fourth-order valence-corrected chi connectivity index (χ4v) is 3.41. The molecule has 4 nitrogen and oxygen atoms in total. The van der Waals surface area contributed by atoms with Gasteiger partial charge in [-0.2, -0.15) is 0 Å². The minimum Gasteiger partial charge on any atom is -0.484 e. The van der Waals surface area contributed by atoms with Crippen LogP contribution < -0.4 is 4.74 Å². The Balaban J connectivity index is 1.58. The first kappa shape index (κ1) is 17.5. The van der Waals surface area contributed by atoms with E-state index >= 15 is 0 Å². The third-order valence-electron chi connectivity index (χ3n) is 4.77. The molecular weight excluding hydrogens is 314 g/mol. The lowest BCUT2D eigenvalue weighted by Crippen LogP contribution is -2.48. The molecule has 0 N–H and O–H groups in total. The third-order valence-corrected chi connectivity index (χ3v) is 4.77. The van der Waals surface area contributed by atoms with Crippen LogP contribution in [-0.2, 0) is 16.0 Å². The first-order valence-corrected chi connectivity index (χ1v) is 8.78. The summed E-state index contributed by atoms with van der Waals surface area (Å²) in [7, 11) is 1.76. The highest BCUT2D eigenvalue weighted by atomic mass is 16.5. The smallest absolute Gasteiger partial charge is 0.260 e. The molecule has 0 spiro atoms. The molecule has 2 aromatic carbocycles. The maximum absolute atomic E-state index is 12.5. The highest BCUT2D eigenvalue weighted by Gasteiger charge is 2.31. The molecule has 3 rings (SSSR count). The van der Waals surface area contributed by atoms with Gasteiger partial charge >= 0.3 is 0 Å². The lowest BCUT2D eigenvalue weighted by atomic mass is 9.88. The summed E-state index contributed by atoms with van der Waals surface area (Å²) >= 11 is 0. The Morgan fingerprint density at radius 2 is 1.76 bits per heavy atom. The Morgan fingerprint density at radius 3 is 2.44 bits per heavy atom. The summed E-state index contributed by atoms with van der Waals surface area (Å²) in [5, 5.41) is 0. The Kier molecular flexibility index (Phi) is 6.07. The van der Waals surface area contributed by atoms with Gasteiger partial charge in [-0.3, -0.25) is 4.79 Å². The average molecular weight is 339 g/mol.